The molecule has 0 bridgehead atoms. The highest BCUT2D eigenvalue weighted by atomic mass is 79.9. The van der Waals surface area contributed by atoms with Crippen molar-refractivity contribution in [1.82, 2.24) is 4.90 Å². The van der Waals surface area contributed by atoms with E-state index < -0.39 is 0 Å². The van der Waals surface area contributed by atoms with E-state index in [9.17, 15) is 0 Å². The summed E-state index contributed by atoms with van der Waals surface area (Å²) in [5.41, 5.74) is 1.90. The van der Waals surface area contributed by atoms with E-state index in [1.807, 2.05) is 0 Å². The summed E-state index contributed by atoms with van der Waals surface area (Å²) in [6.45, 7) is 2.59. The van der Waals surface area contributed by atoms with Gasteiger partial charge in [-0.2, -0.15) is 0 Å². The summed E-state index contributed by atoms with van der Waals surface area (Å²) in [5, 5.41) is 0. The smallest absolute Gasteiger partial charge is 0.0484 e. The van der Waals surface area contributed by atoms with Crippen molar-refractivity contribution in [2.24, 2.45) is 0 Å². The van der Waals surface area contributed by atoms with Gasteiger partial charge in [-0.3, -0.25) is 4.90 Å². The van der Waals surface area contributed by atoms with E-state index in [-0.39, 0.29) is 0 Å². The lowest BCUT2D eigenvalue weighted by molar-refractivity contribution is -0.0510. The summed E-state index contributed by atoms with van der Waals surface area (Å²) in [5.74, 6) is 0. The lowest BCUT2D eigenvalue weighted by Crippen LogP contribution is -2.59. The minimum atomic E-state index is 0.387. The van der Waals surface area contributed by atoms with Gasteiger partial charge in [-0.05, 0) is 43.9 Å². The molecule has 0 aliphatic carbocycles. The molecule has 0 saturated carbocycles. The van der Waals surface area contributed by atoms with E-state index in [2.05, 4.69) is 45.1 Å². The summed E-state index contributed by atoms with van der Waals surface area (Å²) in [6, 6.07) is 8.74. The minimum absolute atomic E-state index is 0.387. The molecule has 1 aromatic rings. The van der Waals surface area contributed by atoms with Crippen molar-refractivity contribution in [3.8, 4) is 0 Å². The summed E-state index contributed by atoms with van der Waals surface area (Å²) >= 11 is 3.70. The fraction of sp³-hybridized carbons (Fsp3) is 0.538. The molecule has 1 unspecified atom stereocenters. The van der Waals surface area contributed by atoms with Crippen LogP contribution in [-0.4, -0.2) is 18.0 Å². The molecule has 1 aromatic carbocycles. The first-order valence-electron chi connectivity index (χ1n) is 5.83. The Kier molecular flexibility index (Phi) is 2.37. The van der Waals surface area contributed by atoms with Crippen LogP contribution in [0.3, 0.4) is 0 Å². The number of hydrogen-bond acceptors (Lipinski definition) is 1. The molecule has 2 fully saturated rings. The van der Waals surface area contributed by atoms with Crippen molar-refractivity contribution in [1.29, 1.82) is 0 Å². The Morgan fingerprint density at radius 3 is 2.60 bits per heavy atom. The molecular weight excluding hydrogens is 250 g/mol. The van der Waals surface area contributed by atoms with Gasteiger partial charge in [-0.15, -0.1) is 0 Å². The first kappa shape index (κ1) is 9.86. The molecule has 0 N–H and O–H groups in total. The van der Waals surface area contributed by atoms with E-state index in [0.717, 1.165) is 0 Å². The van der Waals surface area contributed by atoms with Crippen LogP contribution in [0.15, 0.2) is 28.7 Å². The molecule has 15 heavy (non-hydrogen) atoms. The summed E-state index contributed by atoms with van der Waals surface area (Å²) in [6.07, 6.45) is 5.45. The zero-order valence-electron chi connectivity index (χ0n) is 8.88. The molecule has 80 valence electrons. The lowest BCUT2D eigenvalue weighted by Gasteiger charge is -2.56. The SMILES string of the molecule is Brc1ccccc1C12CCCCN1CC2. The molecule has 0 amide bonds. The van der Waals surface area contributed by atoms with E-state index in [1.54, 1.807) is 0 Å². The Morgan fingerprint density at radius 2 is 1.93 bits per heavy atom. The first-order valence-corrected chi connectivity index (χ1v) is 6.62. The average molecular weight is 266 g/mol. The molecule has 0 spiro atoms. The molecule has 0 aromatic heterocycles. The second-order valence-corrected chi connectivity index (χ2v) is 5.56. The van der Waals surface area contributed by atoms with Gasteiger partial charge in [0.25, 0.3) is 0 Å². The fourth-order valence-corrected chi connectivity index (χ4v) is 3.80. The van der Waals surface area contributed by atoms with Crippen LogP contribution in [-0.2, 0) is 5.54 Å². The van der Waals surface area contributed by atoms with Crippen LogP contribution in [0, 0.1) is 0 Å². The maximum absolute atomic E-state index is 3.70. The van der Waals surface area contributed by atoms with Gasteiger partial charge in [0.05, 0.1) is 0 Å². The lowest BCUT2D eigenvalue weighted by atomic mass is 9.72. The number of halogens is 1. The molecule has 2 heteroatoms. The largest absolute Gasteiger partial charge is 0.293 e. The fourth-order valence-electron chi connectivity index (χ4n) is 3.15. The highest BCUT2D eigenvalue weighted by Gasteiger charge is 2.47. The van der Waals surface area contributed by atoms with Crippen LogP contribution >= 0.6 is 15.9 Å². The van der Waals surface area contributed by atoms with Crippen molar-refractivity contribution in [3.05, 3.63) is 34.3 Å². The van der Waals surface area contributed by atoms with Gasteiger partial charge < -0.3 is 0 Å². The summed E-state index contributed by atoms with van der Waals surface area (Å²) < 4.78 is 1.29. The molecule has 2 aliphatic heterocycles. The van der Waals surface area contributed by atoms with Crippen LogP contribution < -0.4 is 0 Å². The van der Waals surface area contributed by atoms with Crippen LogP contribution in [0.25, 0.3) is 0 Å². The molecule has 2 aliphatic rings. The highest BCUT2D eigenvalue weighted by Crippen LogP contribution is 2.49. The topological polar surface area (TPSA) is 3.24 Å². The molecule has 2 saturated heterocycles. The van der Waals surface area contributed by atoms with Crippen molar-refractivity contribution in [2.75, 3.05) is 13.1 Å². The van der Waals surface area contributed by atoms with E-state index in [1.165, 1.54) is 48.8 Å². The van der Waals surface area contributed by atoms with Crippen LogP contribution in [0.5, 0.6) is 0 Å². The molecular formula is C13H16BrN. The normalized spacial score (nSPS) is 30.7. The third-order valence-corrected chi connectivity index (χ3v) is 4.74. The third-order valence-electron chi connectivity index (χ3n) is 4.04. The van der Waals surface area contributed by atoms with E-state index >= 15 is 0 Å². The van der Waals surface area contributed by atoms with Crippen molar-refractivity contribution >= 4 is 15.9 Å². The molecule has 3 rings (SSSR count). The highest BCUT2D eigenvalue weighted by molar-refractivity contribution is 9.10. The second kappa shape index (κ2) is 3.60. The number of piperidine rings is 1. The molecule has 2 heterocycles. The summed E-state index contributed by atoms with van der Waals surface area (Å²) in [4.78, 5) is 2.66. The Hall–Kier alpha value is -0.340. The standard InChI is InChI=1S/C13H16BrN/c14-12-6-2-1-5-11(12)13-7-3-4-9-15(13)10-8-13/h1-2,5-6H,3-4,7-10H2. The zero-order chi connectivity index (χ0) is 10.3. The van der Waals surface area contributed by atoms with Crippen molar-refractivity contribution in [3.63, 3.8) is 0 Å². The van der Waals surface area contributed by atoms with Gasteiger partial charge in [0.2, 0.25) is 0 Å². The Balaban J connectivity index is 2.01. The Labute approximate surface area is 99.6 Å². The van der Waals surface area contributed by atoms with Crippen molar-refractivity contribution in [2.45, 2.75) is 31.2 Å². The molecule has 1 nitrogen and oxygen atoms in total. The van der Waals surface area contributed by atoms with Crippen LogP contribution in [0.4, 0.5) is 0 Å². The van der Waals surface area contributed by atoms with Gasteiger partial charge >= 0.3 is 0 Å². The second-order valence-electron chi connectivity index (χ2n) is 4.71. The molecule has 0 radical (unpaired) electrons. The Morgan fingerprint density at radius 1 is 1.07 bits per heavy atom. The minimum Gasteiger partial charge on any atom is -0.293 e. The zero-order valence-corrected chi connectivity index (χ0v) is 10.5. The monoisotopic (exact) mass is 265 g/mol. The van der Waals surface area contributed by atoms with Crippen LogP contribution in [0.1, 0.15) is 31.2 Å². The number of benzene rings is 1. The van der Waals surface area contributed by atoms with E-state index in [0.29, 0.717) is 5.54 Å². The number of nitrogens with zero attached hydrogens (tertiary/aromatic N) is 1. The maximum atomic E-state index is 3.70. The van der Waals surface area contributed by atoms with Crippen LogP contribution in [0.2, 0.25) is 0 Å². The Bertz CT molecular complexity index is 377. The average Bonchev–Trinajstić information content (AvgIpc) is 2.22. The number of hydrogen-bond donors (Lipinski definition) is 0. The number of rotatable bonds is 1. The number of fused-ring (bicyclic) bond motifs is 1. The van der Waals surface area contributed by atoms with Gasteiger partial charge in [-0.25, -0.2) is 0 Å². The first-order chi connectivity index (χ1) is 7.33. The summed E-state index contributed by atoms with van der Waals surface area (Å²) in [7, 11) is 0. The van der Waals surface area contributed by atoms with Gasteiger partial charge in [0.1, 0.15) is 0 Å². The third kappa shape index (κ3) is 1.38. The predicted molar refractivity (Wildman–Crippen MR) is 65.9 cm³/mol. The van der Waals surface area contributed by atoms with Gasteiger partial charge in [0.15, 0.2) is 0 Å². The van der Waals surface area contributed by atoms with Crippen molar-refractivity contribution < 1.29 is 0 Å². The van der Waals surface area contributed by atoms with Gasteiger partial charge in [0, 0.05) is 16.6 Å². The predicted octanol–water partition coefficient (Wildman–Crippen LogP) is 3.53. The molecule has 1 atom stereocenters. The quantitative estimate of drug-likeness (QED) is 0.751. The van der Waals surface area contributed by atoms with Gasteiger partial charge in [-0.1, -0.05) is 34.1 Å². The van der Waals surface area contributed by atoms with E-state index in [4.69, 9.17) is 0 Å². The maximum Gasteiger partial charge on any atom is 0.0484 e.